The van der Waals surface area contributed by atoms with E-state index in [2.05, 4.69) is 45.0 Å². The molecule has 0 saturated carbocycles. The summed E-state index contributed by atoms with van der Waals surface area (Å²) in [6, 6.07) is 0. The van der Waals surface area contributed by atoms with E-state index < -0.39 is 0 Å². The van der Waals surface area contributed by atoms with Crippen molar-refractivity contribution in [3.05, 3.63) is 20.9 Å². The van der Waals surface area contributed by atoms with Crippen LogP contribution >= 0.6 is 11.3 Å². The van der Waals surface area contributed by atoms with Crippen LogP contribution in [0.2, 0.25) is 0 Å². The van der Waals surface area contributed by atoms with Gasteiger partial charge in [-0.05, 0) is 35.7 Å². The SMILES string of the molecule is CC(C)(C)CCNC(=O)c1sc2c(c1CN=N)CC(C)(C)C2. The zero-order valence-electron chi connectivity index (χ0n) is 14.3. The minimum Gasteiger partial charge on any atom is -0.351 e. The van der Waals surface area contributed by atoms with Crippen molar-refractivity contribution in [3.8, 4) is 0 Å². The topological polar surface area (TPSA) is 65.3 Å². The summed E-state index contributed by atoms with van der Waals surface area (Å²) in [6.45, 7) is 12.0. The van der Waals surface area contributed by atoms with Crippen molar-refractivity contribution in [2.75, 3.05) is 6.54 Å². The van der Waals surface area contributed by atoms with Crippen LogP contribution in [0, 0.1) is 16.4 Å². The second kappa shape index (κ2) is 6.11. The number of carbonyl (C=O) groups excluding carboxylic acids is 1. The number of carbonyl (C=O) groups is 1. The molecule has 0 aliphatic heterocycles. The van der Waals surface area contributed by atoms with E-state index in [9.17, 15) is 4.79 Å². The molecule has 5 heteroatoms. The van der Waals surface area contributed by atoms with E-state index in [-0.39, 0.29) is 16.7 Å². The Morgan fingerprint density at radius 1 is 1.36 bits per heavy atom. The third-order valence-electron chi connectivity index (χ3n) is 4.10. The minimum atomic E-state index is 0.0000983. The number of nitrogens with one attached hydrogen (secondary N) is 2. The van der Waals surface area contributed by atoms with E-state index in [0.717, 1.165) is 29.7 Å². The van der Waals surface area contributed by atoms with Gasteiger partial charge in [-0.3, -0.25) is 4.79 Å². The van der Waals surface area contributed by atoms with Crippen LogP contribution in [-0.2, 0) is 19.4 Å². The third kappa shape index (κ3) is 3.94. The first-order valence-electron chi connectivity index (χ1n) is 7.88. The zero-order valence-corrected chi connectivity index (χ0v) is 15.1. The van der Waals surface area contributed by atoms with Gasteiger partial charge < -0.3 is 5.32 Å². The van der Waals surface area contributed by atoms with Crippen molar-refractivity contribution in [2.45, 2.75) is 60.4 Å². The molecule has 0 radical (unpaired) electrons. The average molecular weight is 321 g/mol. The van der Waals surface area contributed by atoms with Gasteiger partial charge in [0, 0.05) is 17.0 Å². The minimum absolute atomic E-state index is 0.0000983. The molecule has 0 unspecified atom stereocenters. The predicted molar refractivity (Wildman–Crippen MR) is 90.8 cm³/mol. The Bertz CT molecular complexity index is 581. The van der Waals surface area contributed by atoms with Crippen LogP contribution in [0.25, 0.3) is 0 Å². The van der Waals surface area contributed by atoms with Gasteiger partial charge in [-0.1, -0.05) is 34.6 Å². The largest absolute Gasteiger partial charge is 0.351 e. The maximum Gasteiger partial charge on any atom is 0.261 e. The quantitative estimate of drug-likeness (QED) is 0.767. The number of hydrogen-bond acceptors (Lipinski definition) is 4. The summed E-state index contributed by atoms with van der Waals surface area (Å²) < 4.78 is 0. The second-order valence-electron chi connectivity index (χ2n) is 8.21. The lowest BCUT2D eigenvalue weighted by Gasteiger charge is -2.18. The van der Waals surface area contributed by atoms with Gasteiger partial charge in [0.25, 0.3) is 5.91 Å². The van der Waals surface area contributed by atoms with Crippen molar-refractivity contribution in [1.29, 1.82) is 5.53 Å². The number of nitrogens with zero attached hydrogens (tertiary/aromatic N) is 1. The molecule has 0 saturated heterocycles. The molecule has 2 N–H and O–H groups in total. The van der Waals surface area contributed by atoms with Crippen molar-refractivity contribution in [3.63, 3.8) is 0 Å². The highest BCUT2D eigenvalue weighted by Gasteiger charge is 2.34. The summed E-state index contributed by atoms with van der Waals surface area (Å²) in [5, 5.41) is 6.58. The van der Waals surface area contributed by atoms with E-state index >= 15 is 0 Å². The smallest absolute Gasteiger partial charge is 0.261 e. The predicted octanol–water partition coefficient (Wildman–Crippen LogP) is 4.57. The fourth-order valence-corrected chi connectivity index (χ4v) is 4.44. The summed E-state index contributed by atoms with van der Waals surface area (Å²) >= 11 is 1.60. The maximum absolute atomic E-state index is 12.5. The lowest BCUT2D eigenvalue weighted by Crippen LogP contribution is -2.27. The number of hydrogen-bond donors (Lipinski definition) is 2. The first-order chi connectivity index (χ1) is 10.1. The van der Waals surface area contributed by atoms with Gasteiger partial charge in [-0.2, -0.15) is 5.11 Å². The molecular weight excluding hydrogens is 294 g/mol. The maximum atomic E-state index is 12.5. The fourth-order valence-electron chi connectivity index (χ4n) is 2.94. The van der Waals surface area contributed by atoms with Crippen LogP contribution in [0.15, 0.2) is 5.11 Å². The molecule has 0 aromatic carbocycles. The van der Waals surface area contributed by atoms with E-state index in [1.54, 1.807) is 11.3 Å². The van der Waals surface area contributed by atoms with Crippen LogP contribution in [-0.4, -0.2) is 12.5 Å². The van der Waals surface area contributed by atoms with Crippen molar-refractivity contribution in [1.82, 2.24) is 5.32 Å². The van der Waals surface area contributed by atoms with Crippen molar-refractivity contribution >= 4 is 17.2 Å². The van der Waals surface area contributed by atoms with Crippen LogP contribution in [0.3, 0.4) is 0 Å². The second-order valence-corrected chi connectivity index (χ2v) is 9.32. The standard InChI is InChI=1S/C17H27N3OS/c1-16(2,3)6-7-19-15(21)14-12(10-20-18)11-8-17(4,5)9-13(11)22-14/h18H,6-10H2,1-5H3,(H,19,21). The molecule has 1 aliphatic carbocycles. The Morgan fingerprint density at radius 2 is 2.05 bits per heavy atom. The Kier molecular flexibility index (Phi) is 4.76. The molecule has 2 rings (SSSR count). The van der Waals surface area contributed by atoms with E-state index in [4.69, 9.17) is 5.53 Å². The number of fused-ring (bicyclic) bond motifs is 1. The van der Waals surface area contributed by atoms with Crippen LogP contribution in [0.1, 0.15) is 66.7 Å². The molecule has 22 heavy (non-hydrogen) atoms. The van der Waals surface area contributed by atoms with Crippen molar-refractivity contribution < 1.29 is 4.79 Å². The van der Waals surface area contributed by atoms with Crippen LogP contribution < -0.4 is 5.32 Å². The van der Waals surface area contributed by atoms with Gasteiger partial charge in [0.2, 0.25) is 0 Å². The Morgan fingerprint density at radius 3 is 2.64 bits per heavy atom. The van der Waals surface area contributed by atoms with Gasteiger partial charge >= 0.3 is 0 Å². The molecule has 0 spiro atoms. The molecule has 1 aliphatic rings. The van der Waals surface area contributed by atoms with E-state index in [1.807, 2.05) is 0 Å². The first kappa shape index (κ1) is 17.1. The van der Waals surface area contributed by atoms with Crippen LogP contribution in [0.5, 0.6) is 0 Å². The number of thiophene rings is 1. The van der Waals surface area contributed by atoms with Gasteiger partial charge in [0.15, 0.2) is 0 Å². The monoisotopic (exact) mass is 321 g/mol. The highest BCUT2D eigenvalue weighted by molar-refractivity contribution is 7.14. The van der Waals surface area contributed by atoms with Crippen LogP contribution in [0.4, 0.5) is 0 Å². The van der Waals surface area contributed by atoms with Gasteiger partial charge in [0.1, 0.15) is 0 Å². The Labute approximate surface area is 137 Å². The molecule has 122 valence electrons. The highest BCUT2D eigenvalue weighted by atomic mass is 32.1. The molecule has 0 atom stereocenters. The fraction of sp³-hybridized carbons (Fsp3) is 0.706. The first-order valence-corrected chi connectivity index (χ1v) is 8.69. The molecule has 1 amide bonds. The number of amides is 1. The molecule has 1 aromatic rings. The highest BCUT2D eigenvalue weighted by Crippen LogP contribution is 2.43. The normalized spacial score (nSPS) is 16.4. The van der Waals surface area contributed by atoms with E-state index in [0.29, 0.717) is 13.1 Å². The third-order valence-corrected chi connectivity index (χ3v) is 5.37. The van der Waals surface area contributed by atoms with Crippen molar-refractivity contribution in [2.24, 2.45) is 15.9 Å². The van der Waals surface area contributed by atoms with Gasteiger partial charge in [-0.15, -0.1) is 11.3 Å². The molecule has 1 aromatic heterocycles. The summed E-state index contributed by atoms with van der Waals surface area (Å²) in [5.74, 6) is 0.0000983. The molecular formula is C17H27N3OS. The summed E-state index contributed by atoms with van der Waals surface area (Å²) in [5.41, 5.74) is 9.93. The zero-order chi connectivity index (χ0) is 16.5. The molecule has 4 nitrogen and oxygen atoms in total. The van der Waals surface area contributed by atoms with Gasteiger partial charge in [0.05, 0.1) is 11.4 Å². The lowest BCUT2D eigenvalue weighted by atomic mass is 9.90. The number of rotatable bonds is 5. The molecule has 0 bridgehead atoms. The summed E-state index contributed by atoms with van der Waals surface area (Å²) in [7, 11) is 0. The summed E-state index contributed by atoms with van der Waals surface area (Å²) in [6.07, 6.45) is 2.96. The summed E-state index contributed by atoms with van der Waals surface area (Å²) in [4.78, 5) is 14.6. The Balaban J connectivity index is 2.15. The average Bonchev–Trinajstić information content (AvgIpc) is 2.81. The Hall–Kier alpha value is -1.23. The molecule has 0 fully saturated rings. The van der Waals surface area contributed by atoms with E-state index in [1.165, 1.54) is 10.4 Å². The van der Waals surface area contributed by atoms with Gasteiger partial charge in [-0.25, -0.2) is 5.53 Å². The molecule has 1 heterocycles. The lowest BCUT2D eigenvalue weighted by molar-refractivity contribution is 0.0952.